The van der Waals surface area contributed by atoms with E-state index in [1.807, 2.05) is 5.32 Å². The molecule has 0 aromatic rings. The normalized spacial score (nSPS) is 13.2. The van der Waals surface area contributed by atoms with Gasteiger partial charge in [-0.2, -0.15) is 0 Å². The predicted octanol–water partition coefficient (Wildman–Crippen LogP) is -1.62. The van der Waals surface area contributed by atoms with E-state index >= 15 is 0 Å². The number of nitrogens with one attached hydrogen (secondary N) is 1. The van der Waals surface area contributed by atoms with Crippen LogP contribution in [0, 0.1) is 12.3 Å². The van der Waals surface area contributed by atoms with E-state index in [9.17, 15) is 14.4 Å². The molecule has 5 N–H and O–H groups in total. The van der Waals surface area contributed by atoms with Crippen LogP contribution in [0.15, 0.2) is 0 Å². The Kier molecular flexibility index (Phi) is 5.59. The molecule has 7 nitrogen and oxygen atoms in total. The second-order valence-corrected chi connectivity index (χ2v) is 3.01. The minimum Gasteiger partial charge on any atom is -0.481 e. The maximum atomic E-state index is 11.2. The Morgan fingerprint density at radius 1 is 1.38 bits per heavy atom. The molecule has 0 aliphatic rings. The molecule has 88 valence electrons. The topological polar surface area (TPSA) is 130 Å². The number of terminal acetylenes is 1. The van der Waals surface area contributed by atoms with Crippen molar-refractivity contribution in [3.8, 4) is 12.3 Å². The molecule has 0 spiro atoms. The second-order valence-electron chi connectivity index (χ2n) is 3.01. The molecule has 2 unspecified atom stereocenters. The highest BCUT2D eigenvalue weighted by Crippen LogP contribution is 1.95. The maximum Gasteiger partial charge on any atom is 0.326 e. The first-order valence-corrected chi connectivity index (χ1v) is 4.32. The van der Waals surface area contributed by atoms with Crippen LogP contribution in [0.2, 0.25) is 0 Å². The van der Waals surface area contributed by atoms with Crippen molar-refractivity contribution in [2.75, 3.05) is 0 Å². The van der Waals surface area contributed by atoms with Gasteiger partial charge in [0.1, 0.15) is 6.04 Å². The van der Waals surface area contributed by atoms with Crippen LogP contribution in [-0.4, -0.2) is 40.1 Å². The van der Waals surface area contributed by atoms with E-state index in [0.29, 0.717) is 0 Å². The molecule has 0 rings (SSSR count). The minimum absolute atomic E-state index is 0.0504. The first-order valence-electron chi connectivity index (χ1n) is 4.32. The summed E-state index contributed by atoms with van der Waals surface area (Å²) in [5, 5.41) is 19.0. The summed E-state index contributed by atoms with van der Waals surface area (Å²) in [5.74, 6) is -1.42. The standard InChI is InChI=1S/C9H12N2O5/c1-2-3-5(10)8(14)11-6(9(15)16)4-7(12)13/h1,5-6H,3-4,10H2,(H,11,14)(H,12,13)(H,15,16). The predicted molar refractivity (Wildman–Crippen MR) is 53.2 cm³/mol. The number of aliphatic carboxylic acids is 2. The van der Waals surface area contributed by atoms with Gasteiger partial charge >= 0.3 is 11.9 Å². The van der Waals surface area contributed by atoms with Gasteiger partial charge in [-0.15, -0.1) is 12.3 Å². The summed E-state index contributed by atoms with van der Waals surface area (Å²) in [4.78, 5) is 32.1. The van der Waals surface area contributed by atoms with Crippen LogP contribution < -0.4 is 11.1 Å². The lowest BCUT2D eigenvalue weighted by Crippen LogP contribution is -2.49. The van der Waals surface area contributed by atoms with Crippen molar-refractivity contribution in [3.05, 3.63) is 0 Å². The number of nitrogens with two attached hydrogens (primary N) is 1. The quantitative estimate of drug-likeness (QED) is 0.404. The molecule has 0 saturated heterocycles. The lowest BCUT2D eigenvalue weighted by Gasteiger charge is -2.14. The Balaban J connectivity index is 4.41. The van der Waals surface area contributed by atoms with E-state index in [4.69, 9.17) is 22.4 Å². The van der Waals surface area contributed by atoms with E-state index in [1.54, 1.807) is 0 Å². The number of carbonyl (C=O) groups is 3. The fourth-order valence-electron chi connectivity index (χ4n) is 0.873. The average molecular weight is 228 g/mol. The number of amides is 1. The summed E-state index contributed by atoms with van der Waals surface area (Å²) < 4.78 is 0. The molecule has 0 aromatic carbocycles. The highest BCUT2D eigenvalue weighted by atomic mass is 16.4. The van der Waals surface area contributed by atoms with Gasteiger partial charge in [0.05, 0.1) is 12.5 Å². The molecule has 0 aliphatic heterocycles. The van der Waals surface area contributed by atoms with Crippen LogP contribution in [0.1, 0.15) is 12.8 Å². The van der Waals surface area contributed by atoms with Crippen LogP contribution in [-0.2, 0) is 14.4 Å². The molecule has 0 aliphatic carbocycles. The van der Waals surface area contributed by atoms with Crippen LogP contribution in [0.4, 0.5) is 0 Å². The fourth-order valence-corrected chi connectivity index (χ4v) is 0.873. The third-order valence-electron chi connectivity index (χ3n) is 1.67. The number of carboxylic acid groups (broad SMARTS) is 2. The molecule has 1 amide bonds. The molecule has 16 heavy (non-hydrogen) atoms. The minimum atomic E-state index is -1.51. The van der Waals surface area contributed by atoms with E-state index in [2.05, 4.69) is 5.92 Å². The first kappa shape index (κ1) is 13.9. The van der Waals surface area contributed by atoms with E-state index in [1.165, 1.54) is 0 Å². The van der Waals surface area contributed by atoms with Gasteiger partial charge in [0.2, 0.25) is 5.91 Å². The zero-order valence-electron chi connectivity index (χ0n) is 8.34. The molecule has 2 atom stereocenters. The van der Waals surface area contributed by atoms with Crippen molar-refractivity contribution in [1.29, 1.82) is 0 Å². The Morgan fingerprint density at radius 3 is 2.31 bits per heavy atom. The lowest BCUT2D eigenvalue weighted by molar-refractivity contribution is -0.147. The van der Waals surface area contributed by atoms with Crippen LogP contribution in [0.25, 0.3) is 0 Å². The number of rotatable bonds is 6. The summed E-state index contributed by atoms with van der Waals surface area (Å²) in [6.07, 6.45) is 4.15. The molecule has 0 saturated carbocycles. The third-order valence-corrected chi connectivity index (χ3v) is 1.67. The van der Waals surface area contributed by atoms with E-state index in [-0.39, 0.29) is 6.42 Å². The fraction of sp³-hybridized carbons (Fsp3) is 0.444. The summed E-state index contributed by atoms with van der Waals surface area (Å²) in [6, 6.07) is -2.55. The Labute approximate surface area is 91.6 Å². The van der Waals surface area contributed by atoms with Gasteiger partial charge in [0.25, 0.3) is 0 Å². The van der Waals surface area contributed by atoms with Crippen molar-refractivity contribution in [1.82, 2.24) is 5.32 Å². The van der Waals surface area contributed by atoms with Crippen LogP contribution >= 0.6 is 0 Å². The van der Waals surface area contributed by atoms with Gasteiger partial charge in [-0.25, -0.2) is 4.79 Å². The van der Waals surface area contributed by atoms with Crippen molar-refractivity contribution in [2.24, 2.45) is 5.73 Å². The highest BCUT2D eigenvalue weighted by Gasteiger charge is 2.25. The Bertz CT molecular complexity index is 333. The van der Waals surface area contributed by atoms with Gasteiger partial charge in [-0.05, 0) is 0 Å². The zero-order valence-corrected chi connectivity index (χ0v) is 8.34. The zero-order chi connectivity index (χ0) is 12.7. The monoisotopic (exact) mass is 228 g/mol. The Morgan fingerprint density at radius 2 is 1.94 bits per heavy atom. The number of hydrogen-bond donors (Lipinski definition) is 4. The molecular formula is C9H12N2O5. The molecular weight excluding hydrogens is 216 g/mol. The smallest absolute Gasteiger partial charge is 0.326 e. The van der Waals surface area contributed by atoms with E-state index < -0.39 is 36.4 Å². The number of carboxylic acids is 2. The van der Waals surface area contributed by atoms with Gasteiger partial charge < -0.3 is 21.3 Å². The van der Waals surface area contributed by atoms with Gasteiger partial charge in [0.15, 0.2) is 0 Å². The van der Waals surface area contributed by atoms with E-state index in [0.717, 1.165) is 0 Å². The lowest BCUT2D eigenvalue weighted by atomic mass is 10.1. The SMILES string of the molecule is C#CCC(N)C(=O)NC(CC(=O)O)C(=O)O. The summed E-state index contributed by atoms with van der Waals surface area (Å²) in [5.41, 5.74) is 5.31. The molecule has 0 bridgehead atoms. The van der Waals surface area contributed by atoms with Crippen molar-refractivity contribution in [3.63, 3.8) is 0 Å². The first-order chi connectivity index (χ1) is 7.38. The van der Waals surface area contributed by atoms with Crippen LogP contribution in [0.3, 0.4) is 0 Å². The van der Waals surface area contributed by atoms with Gasteiger partial charge in [0, 0.05) is 6.42 Å². The molecule has 0 aromatic heterocycles. The molecule has 0 heterocycles. The largest absolute Gasteiger partial charge is 0.481 e. The van der Waals surface area contributed by atoms with Crippen molar-refractivity contribution < 1.29 is 24.6 Å². The average Bonchev–Trinajstić information content (AvgIpc) is 2.16. The molecule has 0 fully saturated rings. The third kappa shape index (κ3) is 4.97. The molecule has 0 radical (unpaired) electrons. The van der Waals surface area contributed by atoms with Gasteiger partial charge in [-0.3, -0.25) is 9.59 Å². The van der Waals surface area contributed by atoms with Crippen molar-refractivity contribution in [2.45, 2.75) is 24.9 Å². The van der Waals surface area contributed by atoms with Crippen molar-refractivity contribution >= 4 is 17.8 Å². The second kappa shape index (κ2) is 6.42. The van der Waals surface area contributed by atoms with Gasteiger partial charge in [-0.1, -0.05) is 0 Å². The Hall–Kier alpha value is -2.07. The summed E-state index contributed by atoms with van der Waals surface area (Å²) >= 11 is 0. The summed E-state index contributed by atoms with van der Waals surface area (Å²) in [6.45, 7) is 0. The summed E-state index contributed by atoms with van der Waals surface area (Å²) in [7, 11) is 0. The highest BCUT2D eigenvalue weighted by molar-refractivity contribution is 5.89. The van der Waals surface area contributed by atoms with Crippen LogP contribution in [0.5, 0.6) is 0 Å². The molecule has 7 heteroatoms. The maximum absolute atomic E-state index is 11.2. The number of carbonyl (C=O) groups excluding carboxylic acids is 1. The number of hydrogen-bond acceptors (Lipinski definition) is 4.